The average Bonchev–Trinajstić information content (AvgIpc) is 3.05. The fourth-order valence-electron chi connectivity index (χ4n) is 5.28. The summed E-state index contributed by atoms with van der Waals surface area (Å²) in [4.78, 5) is 31.2. The first kappa shape index (κ1) is 29.3. The number of methoxy groups -OCH3 is 2. The number of ether oxygens (including phenoxy) is 2. The molecule has 9 nitrogen and oxygen atoms in total. The van der Waals surface area contributed by atoms with Gasteiger partial charge in [0.15, 0.2) is 0 Å². The molecule has 1 fully saturated rings. The Kier molecular flexibility index (Phi) is 9.31. The highest BCUT2D eigenvalue weighted by atomic mass is 16.5. The van der Waals surface area contributed by atoms with Gasteiger partial charge in [-0.15, -0.1) is 0 Å². The van der Waals surface area contributed by atoms with Gasteiger partial charge in [-0.1, -0.05) is 54.6 Å². The number of piperazine rings is 1. The predicted octanol–water partition coefficient (Wildman–Crippen LogP) is 6.17. The number of benzene rings is 4. The number of nitrogens with one attached hydrogen (secondary N) is 3. The summed E-state index contributed by atoms with van der Waals surface area (Å²) in [7, 11) is 3.23. The number of hydrogen-bond donors (Lipinski definition) is 3. The number of para-hydroxylation sites is 4. The molecule has 222 valence electrons. The molecule has 0 saturated carbocycles. The van der Waals surface area contributed by atoms with Crippen LogP contribution in [0.25, 0.3) is 0 Å². The van der Waals surface area contributed by atoms with Gasteiger partial charge in [0.2, 0.25) is 0 Å². The van der Waals surface area contributed by atoms with Crippen LogP contribution in [-0.4, -0.2) is 52.3 Å². The molecule has 3 amide bonds. The number of urea groups is 1. The van der Waals surface area contributed by atoms with Gasteiger partial charge in [-0.3, -0.25) is 4.79 Å². The standard InChI is InChI=1S/C34H37N5O4/c1-24(25-11-5-4-6-12-25)35-33(40)27-23-26(36-34(41)37-28-13-7-9-15-31(28)42-2)17-18-29(27)38-19-21-39(22-20-38)30-14-8-10-16-32(30)43-3/h4-18,23-24H,19-22H2,1-3H3,(H,35,40)(H2,36,37,41). The van der Waals surface area contributed by atoms with E-state index in [1.54, 1.807) is 32.4 Å². The number of nitrogens with zero attached hydrogens (tertiary/aromatic N) is 2. The maximum atomic E-state index is 13.8. The third kappa shape index (κ3) is 7.01. The zero-order chi connectivity index (χ0) is 30.2. The van der Waals surface area contributed by atoms with Crippen LogP contribution in [0.4, 0.5) is 27.5 Å². The molecule has 1 heterocycles. The summed E-state index contributed by atoms with van der Waals surface area (Å²) in [5.41, 5.74) is 4.41. The van der Waals surface area contributed by atoms with E-state index in [-0.39, 0.29) is 11.9 Å². The Balaban J connectivity index is 1.36. The highest BCUT2D eigenvalue weighted by molar-refractivity contribution is 6.04. The minimum Gasteiger partial charge on any atom is -0.495 e. The second-order valence-electron chi connectivity index (χ2n) is 10.3. The molecular formula is C34H37N5O4. The van der Waals surface area contributed by atoms with Crippen LogP contribution < -0.4 is 35.2 Å². The number of hydrogen-bond acceptors (Lipinski definition) is 6. The first-order chi connectivity index (χ1) is 21.0. The van der Waals surface area contributed by atoms with Gasteiger partial charge in [-0.25, -0.2) is 4.79 Å². The van der Waals surface area contributed by atoms with Crippen LogP contribution in [0, 0.1) is 0 Å². The molecule has 1 aliphatic rings. The van der Waals surface area contributed by atoms with Crippen molar-refractivity contribution in [2.24, 2.45) is 0 Å². The molecule has 0 aliphatic carbocycles. The monoisotopic (exact) mass is 579 g/mol. The zero-order valence-corrected chi connectivity index (χ0v) is 24.7. The molecule has 43 heavy (non-hydrogen) atoms. The van der Waals surface area contributed by atoms with E-state index < -0.39 is 6.03 Å². The fourth-order valence-corrected chi connectivity index (χ4v) is 5.28. The Bertz CT molecular complexity index is 1550. The molecule has 1 atom stereocenters. The van der Waals surface area contributed by atoms with Crippen molar-refractivity contribution in [3.8, 4) is 11.5 Å². The molecule has 4 aromatic rings. The normalized spacial score (nSPS) is 13.6. The minimum absolute atomic E-state index is 0.200. The van der Waals surface area contributed by atoms with Crippen molar-refractivity contribution >= 4 is 34.7 Å². The van der Waals surface area contributed by atoms with Crippen LogP contribution in [0.2, 0.25) is 0 Å². The summed E-state index contributed by atoms with van der Waals surface area (Å²) in [6.45, 7) is 4.93. The molecule has 0 radical (unpaired) electrons. The van der Waals surface area contributed by atoms with Crippen molar-refractivity contribution in [1.29, 1.82) is 0 Å². The van der Waals surface area contributed by atoms with Crippen LogP contribution in [0.15, 0.2) is 97.1 Å². The van der Waals surface area contributed by atoms with Crippen molar-refractivity contribution in [3.05, 3.63) is 108 Å². The SMILES string of the molecule is COc1ccccc1NC(=O)Nc1ccc(N2CCN(c3ccccc3OC)CC2)c(C(=O)NC(C)c2ccccc2)c1. The van der Waals surface area contributed by atoms with Gasteiger partial charge in [-0.2, -0.15) is 0 Å². The summed E-state index contributed by atoms with van der Waals surface area (Å²) >= 11 is 0. The van der Waals surface area contributed by atoms with E-state index in [0.717, 1.165) is 35.8 Å². The number of carbonyl (C=O) groups excluding carboxylic acids is 2. The first-order valence-electron chi connectivity index (χ1n) is 14.3. The topological polar surface area (TPSA) is 95.2 Å². The molecule has 1 aliphatic heterocycles. The summed E-state index contributed by atoms with van der Waals surface area (Å²) in [5, 5.41) is 8.83. The van der Waals surface area contributed by atoms with Crippen LogP contribution in [0.3, 0.4) is 0 Å². The maximum Gasteiger partial charge on any atom is 0.323 e. The first-order valence-corrected chi connectivity index (χ1v) is 14.3. The van der Waals surface area contributed by atoms with E-state index in [0.29, 0.717) is 35.8 Å². The van der Waals surface area contributed by atoms with Gasteiger partial charge < -0.3 is 35.2 Å². The lowest BCUT2D eigenvalue weighted by Crippen LogP contribution is -2.47. The lowest BCUT2D eigenvalue weighted by molar-refractivity contribution is 0.0940. The van der Waals surface area contributed by atoms with E-state index >= 15 is 0 Å². The molecule has 0 bridgehead atoms. The molecule has 0 aromatic heterocycles. The predicted molar refractivity (Wildman–Crippen MR) is 172 cm³/mol. The fraction of sp³-hybridized carbons (Fsp3) is 0.235. The smallest absolute Gasteiger partial charge is 0.323 e. The van der Waals surface area contributed by atoms with Crippen molar-refractivity contribution in [3.63, 3.8) is 0 Å². The Morgan fingerprint density at radius 3 is 2.00 bits per heavy atom. The summed E-state index contributed by atoms with van der Waals surface area (Å²) in [5.74, 6) is 1.18. The molecule has 4 aromatic carbocycles. The number of anilines is 4. The number of amides is 3. The summed E-state index contributed by atoms with van der Waals surface area (Å²) < 4.78 is 10.9. The molecule has 0 spiro atoms. The molecule has 9 heteroatoms. The number of carbonyl (C=O) groups is 2. The average molecular weight is 580 g/mol. The molecular weight excluding hydrogens is 542 g/mol. The van der Waals surface area contributed by atoms with Gasteiger partial charge in [0, 0.05) is 37.6 Å². The van der Waals surface area contributed by atoms with Gasteiger partial charge in [0.25, 0.3) is 5.91 Å². The van der Waals surface area contributed by atoms with Crippen LogP contribution >= 0.6 is 0 Å². The third-order valence-electron chi connectivity index (χ3n) is 7.55. The second-order valence-corrected chi connectivity index (χ2v) is 10.3. The van der Waals surface area contributed by atoms with Crippen molar-refractivity contribution in [2.75, 3.05) is 60.8 Å². The highest BCUT2D eigenvalue weighted by Crippen LogP contribution is 2.31. The molecule has 1 unspecified atom stereocenters. The third-order valence-corrected chi connectivity index (χ3v) is 7.55. The summed E-state index contributed by atoms with van der Waals surface area (Å²) in [6, 6.07) is 29.8. The number of rotatable bonds is 9. The molecule has 3 N–H and O–H groups in total. The Hall–Kier alpha value is -5.18. The Morgan fingerprint density at radius 2 is 1.30 bits per heavy atom. The van der Waals surface area contributed by atoms with Crippen molar-refractivity contribution < 1.29 is 19.1 Å². The van der Waals surface area contributed by atoms with Crippen LogP contribution in [0.1, 0.15) is 28.9 Å². The van der Waals surface area contributed by atoms with Crippen molar-refractivity contribution in [2.45, 2.75) is 13.0 Å². The largest absolute Gasteiger partial charge is 0.495 e. The Labute approximate surface area is 252 Å². The van der Waals surface area contributed by atoms with E-state index in [9.17, 15) is 9.59 Å². The summed E-state index contributed by atoms with van der Waals surface area (Å²) in [6.07, 6.45) is 0. The van der Waals surface area contributed by atoms with E-state index in [4.69, 9.17) is 9.47 Å². The van der Waals surface area contributed by atoms with Crippen molar-refractivity contribution in [1.82, 2.24) is 5.32 Å². The van der Waals surface area contributed by atoms with Gasteiger partial charge in [0.05, 0.1) is 37.2 Å². The quantitative estimate of drug-likeness (QED) is 0.220. The molecule has 5 rings (SSSR count). The van der Waals surface area contributed by atoms with Crippen LogP contribution in [0.5, 0.6) is 11.5 Å². The van der Waals surface area contributed by atoms with Gasteiger partial charge in [-0.05, 0) is 55.0 Å². The lowest BCUT2D eigenvalue weighted by atomic mass is 10.1. The van der Waals surface area contributed by atoms with E-state index in [1.807, 2.05) is 79.7 Å². The minimum atomic E-state index is -0.438. The van der Waals surface area contributed by atoms with Gasteiger partial charge >= 0.3 is 6.03 Å². The highest BCUT2D eigenvalue weighted by Gasteiger charge is 2.24. The van der Waals surface area contributed by atoms with Gasteiger partial charge in [0.1, 0.15) is 11.5 Å². The lowest BCUT2D eigenvalue weighted by Gasteiger charge is -2.38. The van der Waals surface area contributed by atoms with E-state index in [2.05, 4.69) is 31.8 Å². The second kappa shape index (κ2) is 13.7. The molecule has 1 saturated heterocycles. The Morgan fingerprint density at radius 1 is 0.698 bits per heavy atom. The van der Waals surface area contributed by atoms with E-state index in [1.165, 1.54) is 0 Å². The van der Waals surface area contributed by atoms with Crippen LogP contribution in [-0.2, 0) is 0 Å². The maximum absolute atomic E-state index is 13.8. The zero-order valence-electron chi connectivity index (χ0n) is 24.7.